The van der Waals surface area contributed by atoms with Gasteiger partial charge in [0.2, 0.25) is 0 Å². The Morgan fingerprint density at radius 3 is 2.50 bits per heavy atom. The van der Waals surface area contributed by atoms with Gasteiger partial charge in [-0.1, -0.05) is 0 Å². The van der Waals surface area contributed by atoms with E-state index >= 15 is 0 Å². The average molecular weight is 201 g/mol. The molecule has 0 amide bonds. The first kappa shape index (κ1) is 10.1. The number of alkyl halides is 3. The summed E-state index contributed by atoms with van der Waals surface area (Å²) in [6, 6.07) is 0. The van der Waals surface area contributed by atoms with Gasteiger partial charge in [-0.25, -0.2) is 0 Å². The van der Waals surface area contributed by atoms with Gasteiger partial charge >= 0.3 is 5.51 Å². The molecule has 72 valence electrons. The molecule has 6 heteroatoms. The molecule has 0 saturated carbocycles. The summed E-state index contributed by atoms with van der Waals surface area (Å²) in [4.78, 5) is 0. The van der Waals surface area contributed by atoms with Crippen LogP contribution in [0.1, 0.15) is 0 Å². The van der Waals surface area contributed by atoms with Crippen LogP contribution in [-0.2, 0) is 4.74 Å². The van der Waals surface area contributed by atoms with Crippen molar-refractivity contribution in [2.45, 2.75) is 11.6 Å². The number of hydrogen-bond acceptors (Lipinski definition) is 3. The van der Waals surface area contributed by atoms with Gasteiger partial charge in [-0.3, -0.25) is 0 Å². The zero-order chi connectivity index (χ0) is 9.03. The van der Waals surface area contributed by atoms with Crippen LogP contribution in [-0.4, -0.2) is 37.1 Å². The van der Waals surface area contributed by atoms with E-state index in [0.717, 1.165) is 13.1 Å². The normalized spacial score (nSPS) is 19.2. The topological polar surface area (TPSA) is 21.3 Å². The second-order valence-corrected chi connectivity index (χ2v) is 3.61. The van der Waals surface area contributed by atoms with E-state index in [9.17, 15) is 13.2 Å². The zero-order valence-corrected chi connectivity index (χ0v) is 7.17. The van der Waals surface area contributed by atoms with Gasteiger partial charge in [0.15, 0.2) is 0 Å². The van der Waals surface area contributed by atoms with Crippen molar-refractivity contribution in [3.05, 3.63) is 0 Å². The maximum Gasteiger partial charge on any atom is 0.441 e. The molecule has 0 atom stereocenters. The third kappa shape index (κ3) is 4.18. The predicted octanol–water partition coefficient (Wildman–Crippen LogP) is 1.23. The largest absolute Gasteiger partial charge is 0.441 e. The third-order valence-corrected chi connectivity index (χ3v) is 2.14. The van der Waals surface area contributed by atoms with Gasteiger partial charge in [0, 0.05) is 18.8 Å². The number of nitrogens with one attached hydrogen (secondary N) is 1. The molecule has 12 heavy (non-hydrogen) atoms. The lowest BCUT2D eigenvalue weighted by Crippen LogP contribution is -2.48. The van der Waals surface area contributed by atoms with E-state index in [1.54, 1.807) is 0 Å². The highest BCUT2D eigenvalue weighted by molar-refractivity contribution is 8.00. The van der Waals surface area contributed by atoms with Gasteiger partial charge in [-0.05, 0) is 11.8 Å². The molecule has 1 saturated heterocycles. The van der Waals surface area contributed by atoms with Crippen molar-refractivity contribution in [2.24, 2.45) is 0 Å². The molecule has 0 aliphatic carbocycles. The van der Waals surface area contributed by atoms with Gasteiger partial charge < -0.3 is 10.1 Å². The number of rotatable bonds is 4. The molecule has 1 N–H and O–H groups in total. The minimum atomic E-state index is -4.12. The van der Waals surface area contributed by atoms with E-state index in [1.807, 2.05) is 0 Å². The minimum Gasteiger partial charge on any atom is -0.375 e. The SMILES string of the molecule is FC(F)(F)SCCOC1CNC1. The molecule has 0 aromatic rings. The molecule has 1 aliphatic heterocycles. The summed E-state index contributed by atoms with van der Waals surface area (Å²) in [6.07, 6.45) is 0.124. The van der Waals surface area contributed by atoms with Gasteiger partial charge in [-0.15, -0.1) is 0 Å². The monoisotopic (exact) mass is 201 g/mol. The number of thioether (sulfide) groups is 1. The molecule has 0 bridgehead atoms. The summed E-state index contributed by atoms with van der Waals surface area (Å²) in [6.45, 7) is 1.70. The lowest BCUT2D eigenvalue weighted by Gasteiger charge is -2.26. The van der Waals surface area contributed by atoms with Crippen LogP contribution in [0.2, 0.25) is 0 Å². The fourth-order valence-corrected chi connectivity index (χ4v) is 1.16. The molecule has 1 rings (SSSR count). The molecule has 0 radical (unpaired) electrons. The third-order valence-electron chi connectivity index (χ3n) is 1.45. The molecule has 0 unspecified atom stereocenters. The van der Waals surface area contributed by atoms with Crippen molar-refractivity contribution >= 4 is 11.8 Å². The van der Waals surface area contributed by atoms with Crippen LogP contribution in [0.5, 0.6) is 0 Å². The highest BCUT2D eigenvalue weighted by atomic mass is 32.2. The first-order valence-electron chi connectivity index (χ1n) is 3.61. The fraction of sp³-hybridized carbons (Fsp3) is 1.00. The van der Waals surface area contributed by atoms with E-state index in [1.165, 1.54) is 0 Å². The average Bonchev–Trinajstić information content (AvgIpc) is 1.80. The second-order valence-electron chi connectivity index (χ2n) is 2.45. The van der Waals surface area contributed by atoms with Crippen molar-refractivity contribution in [1.29, 1.82) is 0 Å². The maximum absolute atomic E-state index is 11.6. The highest BCUT2D eigenvalue weighted by Gasteiger charge is 2.27. The Labute approximate surface area is 72.8 Å². The molecule has 0 spiro atoms. The van der Waals surface area contributed by atoms with Crippen LogP contribution in [0.25, 0.3) is 0 Å². The fourth-order valence-electron chi connectivity index (χ4n) is 0.752. The number of halogens is 3. The van der Waals surface area contributed by atoms with Gasteiger partial charge in [0.05, 0.1) is 12.7 Å². The molecular weight excluding hydrogens is 191 g/mol. The standard InChI is InChI=1S/C6H10F3NOS/c7-6(8,9)12-2-1-11-5-3-10-4-5/h5,10H,1-4H2. The Balaban J connectivity index is 1.88. The van der Waals surface area contributed by atoms with Crippen LogP contribution in [0.15, 0.2) is 0 Å². The summed E-state index contributed by atoms with van der Waals surface area (Å²) in [7, 11) is 0. The molecular formula is C6H10F3NOS. The van der Waals surface area contributed by atoms with Crippen molar-refractivity contribution in [3.8, 4) is 0 Å². The Morgan fingerprint density at radius 1 is 1.42 bits per heavy atom. The van der Waals surface area contributed by atoms with Crippen molar-refractivity contribution < 1.29 is 17.9 Å². The molecule has 2 nitrogen and oxygen atoms in total. The van der Waals surface area contributed by atoms with Gasteiger partial charge in [0.1, 0.15) is 0 Å². The van der Waals surface area contributed by atoms with E-state index in [4.69, 9.17) is 4.74 Å². The first-order chi connectivity index (χ1) is 5.58. The van der Waals surface area contributed by atoms with Crippen LogP contribution in [0, 0.1) is 0 Å². The zero-order valence-electron chi connectivity index (χ0n) is 6.36. The van der Waals surface area contributed by atoms with Crippen molar-refractivity contribution in [2.75, 3.05) is 25.4 Å². The summed E-state index contributed by atoms with van der Waals surface area (Å²) in [5.41, 5.74) is -4.12. The van der Waals surface area contributed by atoms with E-state index in [0.29, 0.717) is 0 Å². The highest BCUT2D eigenvalue weighted by Crippen LogP contribution is 2.29. The Kier molecular flexibility index (Phi) is 3.67. The van der Waals surface area contributed by atoms with Gasteiger partial charge in [-0.2, -0.15) is 13.2 Å². The van der Waals surface area contributed by atoms with E-state index in [2.05, 4.69) is 5.32 Å². The Bertz CT molecular complexity index is 137. The number of ether oxygens (including phenoxy) is 1. The van der Waals surface area contributed by atoms with Crippen LogP contribution < -0.4 is 5.32 Å². The summed E-state index contributed by atoms with van der Waals surface area (Å²) in [5, 5.41) is 2.96. The van der Waals surface area contributed by atoms with Crippen LogP contribution in [0.3, 0.4) is 0 Å². The summed E-state index contributed by atoms with van der Waals surface area (Å²) >= 11 is -0.0353. The van der Waals surface area contributed by atoms with Crippen LogP contribution in [0.4, 0.5) is 13.2 Å². The smallest absolute Gasteiger partial charge is 0.375 e. The predicted molar refractivity (Wildman–Crippen MR) is 41.1 cm³/mol. The molecule has 1 fully saturated rings. The molecule has 1 aliphatic rings. The Morgan fingerprint density at radius 2 is 2.08 bits per heavy atom. The number of hydrogen-bond donors (Lipinski definition) is 1. The molecule has 1 heterocycles. The maximum atomic E-state index is 11.6. The quantitative estimate of drug-likeness (QED) is 0.691. The molecule has 0 aromatic heterocycles. The summed E-state index contributed by atoms with van der Waals surface area (Å²) < 4.78 is 39.8. The van der Waals surface area contributed by atoms with E-state index < -0.39 is 5.51 Å². The van der Waals surface area contributed by atoms with E-state index in [-0.39, 0.29) is 30.2 Å². The minimum absolute atomic E-state index is 0.0139. The second kappa shape index (κ2) is 4.34. The lowest BCUT2D eigenvalue weighted by atomic mass is 10.2. The molecule has 0 aromatic carbocycles. The Hall–Kier alpha value is 0.0600. The van der Waals surface area contributed by atoms with Crippen molar-refractivity contribution in [3.63, 3.8) is 0 Å². The summed E-state index contributed by atoms with van der Waals surface area (Å²) in [5.74, 6) is -0.0139. The van der Waals surface area contributed by atoms with Crippen LogP contribution >= 0.6 is 11.8 Å². The lowest BCUT2D eigenvalue weighted by molar-refractivity contribution is -0.0338. The first-order valence-corrected chi connectivity index (χ1v) is 4.59. The van der Waals surface area contributed by atoms with Crippen molar-refractivity contribution in [1.82, 2.24) is 5.32 Å². The van der Waals surface area contributed by atoms with Gasteiger partial charge in [0.25, 0.3) is 0 Å².